The van der Waals surface area contributed by atoms with Gasteiger partial charge in [-0.25, -0.2) is 4.39 Å². The molecule has 2 rings (SSSR count). The van der Waals surface area contributed by atoms with Crippen LogP contribution in [0.4, 0.5) is 4.39 Å². The summed E-state index contributed by atoms with van der Waals surface area (Å²) in [4.78, 5) is 0. The van der Waals surface area contributed by atoms with Crippen molar-refractivity contribution in [1.82, 2.24) is 0 Å². The lowest BCUT2D eigenvalue weighted by atomic mass is 9.75. The van der Waals surface area contributed by atoms with Gasteiger partial charge in [0.1, 0.15) is 6.67 Å². The van der Waals surface area contributed by atoms with Crippen molar-refractivity contribution in [3.63, 3.8) is 0 Å². The Bertz CT molecular complexity index is 521. The zero-order chi connectivity index (χ0) is 14.3. The minimum atomic E-state index is -0.705. The Balaban J connectivity index is 2.43. The third-order valence-corrected chi connectivity index (χ3v) is 3.97. The Morgan fingerprint density at radius 1 is 1.21 bits per heavy atom. The van der Waals surface area contributed by atoms with Gasteiger partial charge in [0.05, 0.1) is 22.8 Å². The van der Waals surface area contributed by atoms with E-state index < -0.39 is 25.0 Å². The van der Waals surface area contributed by atoms with Crippen LogP contribution in [0.25, 0.3) is 0 Å². The van der Waals surface area contributed by atoms with Crippen molar-refractivity contribution in [2.24, 2.45) is 0 Å². The molecule has 0 spiro atoms. The second-order valence-electron chi connectivity index (χ2n) is 5.71. The van der Waals surface area contributed by atoms with Gasteiger partial charge in [0.15, 0.2) is 0 Å². The molecule has 0 amide bonds. The molecular formula is C14H17BFNO2. The number of nitriles is 1. The summed E-state index contributed by atoms with van der Waals surface area (Å²) in [5, 5.41) is 9.02. The molecule has 0 unspecified atom stereocenters. The van der Waals surface area contributed by atoms with Crippen LogP contribution in [0, 0.1) is 11.3 Å². The fraction of sp³-hybridized carbons (Fsp3) is 0.500. The predicted octanol–water partition coefficient (Wildman–Crippen LogP) is 2.33. The Kier molecular flexibility index (Phi) is 3.42. The first-order valence-electron chi connectivity index (χ1n) is 6.26. The monoisotopic (exact) mass is 261 g/mol. The molecule has 1 aliphatic heterocycles. The van der Waals surface area contributed by atoms with Gasteiger partial charge in [0, 0.05) is 5.56 Å². The highest BCUT2D eigenvalue weighted by molar-refractivity contribution is 6.62. The number of hydrogen-bond acceptors (Lipinski definition) is 3. The fourth-order valence-electron chi connectivity index (χ4n) is 2.05. The molecular weight excluding hydrogens is 244 g/mol. The van der Waals surface area contributed by atoms with E-state index in [1.54, 1.807) is 18.2 Å². The lowest BCUT2D eigenvalue weighted by Gasteiger charge is -2.32. The van der Waals surface area contributed by atoms with Gasteiger partial charge >= 0.3 is 7.12 Å². The lowest BCUT2D eigenvalue weighted by Crippen LogP contribution is -2.41. The van der Waals surface area contributed by atoms with Crippen LogP contribution in [0.1, 0.15) is 38.8 Å². The van der Waals surface area contributed by atoms with Crippen molar-refractivity contribution in [2.75, 3.05) is 0 Å². The quantitative estimate of drug-likeness (QED) is 0.767. The SMILES string of the molecule is CC1(C)OB(c2cccc(C#N)c2CF)OC1(C)C. The summed E-state index contributed by atoms with van der Waals surface area (Å²) in [7, 11) is -0.635. The summed E-state index contributed by atoms with van der Waals surface area (Å²) in [6, 6.07) is 7.07. The average molecular weight is 261 g/mol. The zero-order valence-electron chi connectivity index (χ0n) is 11.7. The number of hydrogen-bond donors (Lipinski definition) is 0. The van der Waals surface area contributed by atoms with E-state index in [9.17, 15) is 4.39 Å². The third-order valence-electron chi connectivity index (χ3n) is 3.97. The summed E-state index contributed by atoms with van der Waals surface area (Å²) in [6.07, 6.45) is 0. The maximum absolute atomic E-state index is 13.2. The topological polar surface area (TPSA) is 42.2 Å². The molecule has 1 aromatic carbocycles. The first-order valence-corrected chi connectivity index (χ1v) is 6.26. The Labute approximate surface area is 113 Å². The minimum absolute atomic E-state index is 0.328. The second kappa shape index (κ2) is 4.62. The lowest BCUT2D eigenvalue weighted by molar-refractivity contribution is 0.00578. The predicted molar refractivity (Wildman–Crippen MR) is 71.7 cm³/mol. The van der Waals surface area contributed by atoms with Crippen LogP contribution >= 0.6 is 0 Å². The van der Waals surface area contributed by atoms with Gasteiger partial charge in [0.25, 0.3) is 0 Å². The Morgan fingerprint density at radius 3 is 2.26 bits per heavy atom. The third kappa shape index (κ3) is 2.26. The first-order chi connectivity index (χ1) is 8.82. The van der Waals surface area contributed by atoms with Crippen molar-refractivity contribution in [3.05, 3.63) is 29.3 Å². The highest BCUT2D eigenvalue weighted by Gasteiger charge is 2.52. The van der Waals surface area contributed by atoms with Crippen LogP contribution in [-0.4, -0.2) is 18.3 Å². The van der Waals surface area contributed by atoms with E-state index in [-0.39, 0.29) is 0 Å². The molecule has 1 aromatic rings. The maximum Gasteiger partial charge on any atom is 0.495 e. The van der Waals surface area contributed by atoms with Crippen molar-refractivity contribution >= 4 is 12.6 Å². The minimum Gasteiger partial charge on any atom is -0.399 e. The molecule has 0 bridgehead atoms. The van der Waals surface area contributed by atoms with E-state index in [4.69, 9.17) is 14.6 Å². The summed E-state index contributed by atoms with van der Waals surface area (Å²) in [6.45, 7) is 7.06. The summed E-state index contributed by atoms with van der Waals surface area (Å²) in [5.41, 5.74) is 0.320. The van der Waals surface area contributed by atoms with E-state index in [2.05, 4.69) is 0 Å². The van der Waals surface area contributed by atoms with Crippen LogP contribution < -0.4 is 5.46 Å². The molecule has 3 nitrogen and oxygen atoms in total. The number of alkyl halides is 1. The van der Waals surface area contributed by atoms with E-state index in [1.165, 1.54) is 0 Å². The summed E-state index contributed by atoms with van der Waals surface area (Å²) in [5.74, 6) is 0. The summed E-state index contributed by atoms with van der Waals surface area (Å²) < 4.78 is 25.0. The summed E-state index contributed by atoms with van der Waals surface area (Å²) >= 11 is 0. The van der Waals surface area contributed by atoms with Crippen LogP contribution in [0.5, 0.6) is 0 Å². The van der Waals surface area contributed by atoms with Crippen molar-refractivity contribution < 1.29 is 13.7 Å². The molecule has 1 aliphatic rings. The van der Waals surface area contributed by atoms with E-state index in [0.717, 1.165) is 0 Å². The van der Waals surface area contributed by atoms with Crippen LogP contribution in [0.15, 0.2) is 18.2 Å². The van der Waals surface area contributed by atoms with Crippen molar-refractivity contribution in [3.8, 4) is 6.07 Å². The largest absolute Gasteiger partial charge is 0.495 e. The second-order valence-corrected chi connectivity index (χ2v) is 5.71. The van der Waals surface area contributed by atoms with Gasteiger partial charge in [-0.1, -0.05) is 12.1 Å². The normalized spacial score (nSPS) is 20.3. The van der Waals surface area contributed by atoms with Gasteiger partial charge in [-0.15, -0.1) is 0 Å². The molecule has 1 heterocycles. The smallest absolute Gasteiger partial charge is 0.399 e. The Hall–Kier alpha value is -1.38. The number of benzene rings is 1. The molecule has 100 valence electrons. The molecule has 0 N–H and O–H groups in total. The average Bonchev–Trinajstić information content (AvgIpc) is 2.57. The molecule has 19 heavy (non-hydrogen) atoms. The van der Waals surface area contributed by atoms with E-state index in [1.807, 2.05) is 33.8 Å². The maximum atomic E-state index is 13.2. The highest BCUT2D eigenvalue weighted by Crippen LogP contribution is 2.36. The molecule has 1 fully saturated rings. The van der Waals surface area contributed by atoms with Gasteiger partial charge in [-0.3, -0.25) is 0 Å². The number of halogens is 1. The molecule has 5 heteroatoms. The molecule has 0 aromatic heterocycles. The first kappa shape index (κ1) is 14.0. The van der Waals surface area contributed by atoms with Crippen LogP contribution in [0.2, 0.25) is 0 Å². The zero-order valence-corrected chi connectivity index (χ0v) is 11.7. The molecule has 0 saturated carbocycles. The van der Waals surface area contributed by atoms with Gasteiger partial charge in [-0.05, 0) is 39.2 Å². The highest BCUT2D eigenvalue weighted by atomic mass is 19.1. The van der Waals surface area contributed by atoms with E-state index >= 15 is 0 Å². The fourth-order valence-corrected chi connectivity index (χ4v) is 2.05. The number of nitrogens with zero attached hydrogens (tertiary/aromatic N) is 1. The van der Waals surface area contributed by atoms with Crippen LogP contribution in [0.3, 0.4) is 0 Å². The van der Waals surface area contributed by atoms with Gasteiger partial charge < -0.3 is 9.31 Å². The Morgan fingerprint density at radius 2 is 1.79 bits per heavy atom. The standard InChI is InChI=1S/C14H17BFNO2/c1-13(2)14(3,4)19-15(18-13)12-7-5-6-10(9-17)11(12)8-16/h5-7H,8H2,1-4H3. The van der Waals surface area contributed by atoms with E-state index in [0.29, 0.717) is 16.6 Å². The molecule has 0 radical (unpaired) electrons. The number of rotatable bonds is 2. The van der Waals surface area contributed by atoms with Gasteiger partial charge in [0.2, 0.25) is 0 Å². The molecule has 0 atom stereocenters. The van der Waals surface area contributed by atoms with Crippen molar-refractivity contribution in [1.29, 1.82) is 5.26 Å². The van der Waals surface area contributed by atoms with Crippen LogP contribution in [-0.2, 0) is 16.0 Å². The molecule has 1 saturated heterocycles. The van der Waals surface area contributed by atoms with Gasteiger partial charge in [-0.2, -0.15) is 5.26 Å². The van der Waals surface area contributed by atoms with Crippen molar-refractivity contribution in [2.45, 2.75) is 45.6 Å². The molecule has 0 aliphatic carbocycles.